The predicted octanol–water partition coefficient (Wildman–Crippen LogP) is -1.92. The molecule has 0 unspecified atom stereocenters. The van der Waals surface area contributed by atoms with E-state index in [-0.39, 0.29) is 98.4 Å². The number of fused-ring (bicyclic) bond motifs is 1. The molecule has 20 heteroatoms. The molecule has 0 saturated heterocycles. The van der Waals surface area contributed by atoms with Crippen LogP contribution in [0.15, 0.2) is 74.6 Å². The van der Waals surface area contributed by atoms with Crippen molar-refractivity contribution in [3.8, 4) is 23.0 Å². The zero-order valence-corrected chi connectivity index (χ0v) is 29.9. The fraction of sp³-hybridized carbons (Fsp3) is 0.0833. The molecule has 4 aromatic rings. The van der Waals surface area contributed by atoms with Gasteiger partial charge >= 0.3 is 307 Å². The van der Waals surface area contributed by atoms with Crippen LogP contribution >= 0.6 is 0 Å². The van der Waals surface area contributed by atoms with Crippen LogP contribution in [0, 0.1) is 0 Å². The van der Waals surface area contributed by atoms with Crippen LogP contribution in [0.25, 0.3) is 16.2 Å². The molecule has 4 aromatic carbocycles. The van der Waals surface area contributed by atoms with Gasteiger partial charge in [-0.25, -0.2) is 0 Å². The Hall–Kier alpha value is -2.32. The van der Waals surface area contributed by atoms with Crippen molar-refractivity contribution in [2.75, 3.05) is 20.0 Å². The zero-order valence-electron chi connectivity index (χ0n) is 23.3. The van der Waals surface area contributed by atoms with Gasteiger partial charge in [0.1, 0.15) is 0 Å². The first-order valence-electron chi connectivity index (χ1n) is 11.3. The number of ether oxygens (including phenoxy) is 2. The SMILES string of the molecule is COc1cc(N=Nc2c(S(=O)(=O)[O-])cc3cc(N)ccc3c2O)c([N+](=[Cu])[N-]c2cc(S(=O)(=O)[O-])ccc2O)cc1OC.[Na+].[Na+]. The van der Waals surface area contributed by atoms with Crippen LogP contribution in [-0.2, 0) is 36.1 Å². The van der Waals surface area contributed by atoms with Crippen molar-refractivity contribution in [3.63, 3.8) is 0 Å². The monoisotopic (exact) mass is 710 g/mol. The minimum Gasteiger partial charge on any atom is 1.00 e. The van der Waals surface area contributed by atoms with Gasteiger partial charge in [0.15, 0.2) is 0 Å². The Morgan fingerprint density at radius 2 is 1.52 bits per heavy atom. The number of phenols is 2. The Bertz CT molecular complexity index is 2010. The van der Waals surface area contributed by atoms with Crippen LogP contribution in [0.4, 0.5) is 28.4 Å². The molecule has 44 heavy (non-hydrogen) atoms. The summed E-state index contributed by atoms with van der Waals surface area (Å²) in [5.41, 5.74) is 8.58. The molecule has 0 aliphatic carbocycles. The summed E-state index contributed by atoms with van der Waals surface area (Å²) < 4.78 is 81.7. The number of anilines is 1. The first-order valence-corrected chi connectivity index (χ1v) is 14.5. The molecule has 0 fully saturated rings. The van der Waals surface area contributed by atoms with Crippen LogP contribution in [0.2, 0.25) is 0 Å². The number of azo groups is 1. The normalized spacial score (nSPS) is 11.5. The fourth-order valence-electron chi connectivity index (χ4n) is 3.71. The number of nitrogens with two attached hydrogens (primary N) is 1. The molecule has 0 spiro atoms. The number of hydrogen-bond donors (Lipinski definition) is 3. The molecule has 0 aliphatic rings. The Morgan fingerprint density at radius 1 is 0.886 bits per heavy atom. The molecule has 0 radical (unpaired) electrons. The van der Waals surface area contributed by atoms with Gasteiger partial charge in [-0.1, -0.05) is 0 Å². The van der Waals surface area contributed by atoms with Gasteiger partial charge in [-0.15, -0.1) is 0 Å². The minimum absolute atomic E-state index is 0. The van der Waals surface area contributed by atoms with Gasteiger partial charge in [0.2, 0.25) is 0 Å². The van der Waals surface area contributed by atoms with Gasteiger partial charge in [-0.05, 0) is 0 Å². The number of nitrogen functional groups attached to an aromatic ring is 1. The van der Waals surface area contributed by atoms with E-state index < -0.39 is 52.9 Å². The number of rotatable bonds is 9. The largest absolute Gasteiger partial charge is 1.00 e. The Kier molecular flexibility index (Phi) is 12.8. The molecule has 15 nitrogen and oxygen atoms in total. The summed E-state index contributed by atoms with van der Waals surface area (Å²) in [6, 6.07) is 10.3. The fourth-order valence-corrected chi connectivity index (χ4v) is 5.12. The number of aromatic hydroxyl groups is 2. The summed E-state index contributed by atoms with van der Waals surface area (Å²) in [6.45, 7) is 0. The maximum atomic E-state index is 12.1. The molecule has 0 heterocycles. The van der Waals surface area contributed by atoms with E-state index in [2.05, 4.69) is 15.7 Å². The summed E-state index contributed by atoms with van der Waals surface area (Å²) >= 11 is 5.49. The van der Waals surface area contributed by atoms with E-state index in [0.29, 0.717) is 3.65 Å². The standard InChI is InChI=1S/C24H21N5O10S2.Cu.2Na/c1-38-20-10-16(26-28-18-9-14(40(32,33)34)4-6-19(18)30)17(11-21(20)39-2)27-29-23-22(41(35,36)37)8-12-7-13(25)3-5-15(12)24(23)31;;;/h3-11,30-31H,25H2,1-2H3,(H,32,33,34)(H,35,36,37);;;/q;;2*+1/p-2. The van der Waals surface area contributed by atoms with E-state index in [1.807, 2.05) is 0 Å². The molecule has 0 bridgehead atoms. The first-order chi connectivity index (χ1) is 19.6. The van der Waals surface area contributed by atoms with E-state index in [9.17, 15) is 36.2 Å². The van der Waals surface area contributed by atoms with E-state index in [0.717, 1.165) is 24.3 Å². The Morgan fingerprint density at radius 3 is 2.11 bits per heavy atom. The molecule has 0 aromatic heterocycles. The minimum atomic E-state index is -5.18. The number of nitrogens with zero attached hydrogens (tertiary/aromatic N) is 4. The molecule has 0 amide bonds. The van der Waals surface area contributed by atoms with Crippen molar-refractivity contribution in [2.45, 2.75) is 9.79 Å². The maximum absolute atomic E-state index is 12.1. The number of hydrogen-bond acceptors (Lipinski definition) is 13. The van der Waals surface area contributed by atoms with Crippen LogP contribution in [-0.4, -0.2) is 54.0 Å². The number of phenolic OH excluding ortho intramolecular Hbond substituents is 2. The van der Waals surface area contributed by atoms with Gasteiger partial charge in [-0.3, -0.25) is 0 Å². The third-order valence-electron chi connectivity index (χ3n) is 5.69. The second-order valence-corrected chi connectivity index (χ2v) is 11.5. The number of methoxy groups -OCH3 is 2. The Labute approximate surface area is 303 Å². The molecule has 0 aliphatic heterocycles. The topological polar surface area (TPSA) is 241 Å². The molecular weight excluding hydrogens is 692 g/mol. The smallest absolute Gasteiger partial charge is 1.00 e. The average Bonchev–Trinajstić information content (AvgIpc) is 2.91. The third-order valence-corrected chi connectivity index (χ3v) is 7.69. The van der Waals surface area contributed by atoms with Crippen molar-refractivity contribution >= 4 is 59.4 Å². The van der Waals surface area contributed by atoms with Gasteiger partial charge in [0.25, 0.3) is 0 Å². The van der Waals surface area contributed by atoms with Crippen LogP contribution in [0.5, 0.6) is 23.0 Å². The Balaban J connectivity index is 0.00000337. The third kappa shape index (κ3) is 8.28. The summed E-state index contributed by atoms with van der Waals surface area (Å²) in [6.07, 6.45) is 0. The summed E-state index contributed by atoms with van der Waals surface area (Å²) in [4.78, 5) is -1.57. The maximum Gasteiger partial charge on any atom is 1.00 e. The second kappa shape index (κ2) is 14.8. The van der Waals surface area contributed by atoms with Crippen molar-refractivity contribution < 1.29 is 124 Å². The van der Waals surface area contributed by atoms with E-state index in [4.69, 9.17) is 31.0 Å². The van der Waals surface area contributed by atoms with Crippen LogP contribution in [0.3, 0.4) is 0 Å². The van der Waals surface area contributed by atoms with Crippen molar-refractivity contribution in [3.05, 3.63) is 60.0 Å². The quantitative estimate of drug-likeness (QED) is 0.0568. The van der Waals surface area contributed by atoms with Crippen molar-refractivity contribution in [2.24, 2.45) is 10.2 Å². The van der Waals surface area contributed by atoms with Crippen molar-refractivity contribution in [1.82, 2.24) is 0 Å². The predicted molar refractivity (Wildman–Crippen MR) is 141 cm³/mol. The van der Waals surface area contributed by atoms with Gasteiger partial charge in [0.05, 0.1) is 0 Å². The average molecular weight is 711 g/mol. The molecular formula is C24H19CuN5Na2O10S2. The van der Waals surface area contributed by atoms with Gasteiger partial charge in [-0.2, -0.15) is 0 Å². The van der Waals surface area contributed by atoms with Crippen molar-refractivity contribution in [1.29, 1.82) is 0 Å². The molecule has 4 N–H and O–H groups in total. The second-order valence-electron chi connectivity index (χ2n) is 8.33. The summed E-state index contributed by atoms with van der Waals surface area (Å²) in [7, 11) is -7.46. The van der Waals surface area contributed by atoms with Crippen LogP contribution in [0.1, 0.15) is 0 Å². The van der Waals surface area contributed by atoms with E-state index in [1.165, 1.54) is 44.6 Å². The zero-order chi connectivity index (χ0) is 31.0. The molecule has 0 saturated carbocycles. The summed E-state index contributed by atoms with van der Waals surface area (Å²) in [5.74, 6) is -0.980. The summed E-state index contributed by atoms with van der Waals surface area (Å²) in [5, 5.41) is 29.1. The molecule has 225 valence electrons. The van der Waals surface area contributed by atoms with Crippen LogP contribution < -0.4 is 74.3 Å². The van der Waals surface area contributed by atoms with E-state index >= 15 is 0 Å². The molecule has 0 atom stereocenters. The first kappa shape index (κ1) is 37.9. The van der Waals surface area contributed by atoms with Gasteiger partial charge < -0.3 is 0 Å². The number of benzene rings is 4. The molecule has 4 rings (SSSR count). The van der Waals surface area contributed by atoms with Gasteiger partial charge in [0, 0.05) is 0 Å². The van der Waals surface area contributed by atoms with E-state index in [1.54, 1.807) is 0 Å².